The Morgan fingerprint density at radius 1 is 1.03 bits per heavy atom. The van der Waals surface area contributed by atoms with Crippen LogP contribution >= 0.6 is 22.6 Å². The SMILES string of the molecule is Cc1cc(NC(=O)C2=CC(C)(F)C=C(I)C=C2N2CCC(=C(F)F)CC2)nc(N2CCC(F)(F)CC2)c1. The van der Waals surface area contributed by atoms with E-state index in [0.29, 0.717) is 15.1 Å². The van der Waals surface area contributed by atoms with E-state index in [0.717, 1.165) is 5.56 Å². The molecule has 0 saturated carbocycles. The van der Waals surface area contributed by atoms with Gasteiger partial charge in [0.2, 0.25) is 0 Å². The van der Waals surface area contributed by atoms with Crippen molar-refractivity contribution in [2.24, 2.45) is 0 Å². The number of allylic oxidation sites excluding steroid dienone is 4. The van der Waals surface area contributed by atoms with E-state index >= 15 is 4.39 Å². The second-order valence-electron chi connectivity index (χ2n) is 9.80. The van der Waals surface area contributed by atoms with Crippen molar-refractivity contribution in [3.05, 3.63) is 62.4 Å². The van der Waals surface area contributed by atoms with Crippen molar-refractivity contribution < 1.29 is 26.7 Å². The lowest BCUT2D eigenvalue weighted by Gasteiger charge is -2.33. The second kappa shape index (κ2) is 10.7. The number of carbonyl (C=O) groups is 1. The van der Waals surface area contributed by atoms with Gasteiger partial charge in [0.05, 0.1) is 11.3 Å². The number of hydrogen-bond acceptors (Lipinski definition) is 4. The summed E-state index contributed by atoms with van der Waals surface area (Å²) in [5.74, 6) is -2.60. The zero-order valence-corrected chi connectivity index (χ0v) is 22.7. The fourth-order valence-corrected chi connectivity index (χ4v) is 5.59. The Kier molecular flexibility index (Phi) is 8.01. The van der Waals surface area contributed by atoms with Gasteiger partial charge in [-0.1, -0.05) is 0 Å². The van der Waals surface area contributed by atoms with Crippen LogP contribution in [0.3, 0.4) is 0 Å². The third-order valence-corrected chi connectivity index (χ3v) is 7.26. The number of piperidine rings is 2. The maximum atomic E-state index is 15.3. The minimum absolute atomic E-state index is 0.0727. The molecule has 3 aliphatic rings. The maximum Gasteiger partial charge on any atom is 0.269 e. The van der Waals surface area contributed by atoms with E-state index in [4.69, 9.17) is 0 Å². The van der Waals surface area contributed by atoms with E-state index in [1.807, 2.05) is 34.4 Å². The molecule has 200 valence electrons. The molecule has 1 amide bonds. The smallest absolute Gasteiger partial charge is 0.269 e. The highest BCUT2D eigenvalue weighted by Crippen LogP contribution is 2.35. The summed E-state index contributed by atoms with van der Waals surface area (Å²) < 4.78 is 69.2. The lowest BCUT2D eigenvalue weighted by atomic mass is 10.00. The Hall–Kier alpha value is -2.44. The number of anilines is 2. The van der Waals surface area contributed by atoms with Gasteiger partial charge >= 0.3 is 0 Å². The molecule has 5 nitrogen and oxygen atoms in total. The molecule has 1 N–H and O–H groups in total. The van der Waals surface area contributed by atoms with Crippen LogP contribution in [0.15, 0.2) is 56.9 Å². The third kappa shape index (κ3) is 6.91. The van der Waals surface area contributed by atoms with Crippen molar-refractivity contribution >= 4 is 40.1 Å². The van der Waals surface area contributed by atoms with E-state index in [9.17, 15) is 22.4 Å². The highest BCUT2D eigenvalue weighted by molar-refractivity contribution is 14.1. The average Bonchev–Trinajstić information content (AvgIpc) is 2.93. The van der Waals surface area contributed by atoms with Crippen LogP contribution in [0.4, 0.5) is 33.6 Å². The van der Waals surface area contributed by atoms with Gasteiger partial charge < -0.3 is 15.1 Å². The highest BCUT2D eigenvalue weighted by Gasteiger charge is 2.35. The number of carbonyl (C=O) groups excluding carboxylic acids is 1. The first-order valence-electron chi connectivity index (χ1n) is 12.0. The molecule has 1 aromatic rings. The van der Waals surface area contributed by atoms with E-state index < -0.39 is 23.6 Å². The number of hydrogen-bond donors (Lipinski definition) is 1. The molecule has 0 spiro atoms. The molecule has 3 heterocycles. The molecule has 0 radical (unpaired) electrons. The number of nitrogens with one attached hydrogen (secondary N) is 1. The van der Waals surface area contributed by atoms with Crippen molar-refractivity contribution in [2.75, 3.05) is 36.4 Å². The fourth-order valence-electron chi connectivity index (χ4n) is 4.69. The molecular formula is C26H28F5IN4O. The van der Waals surface area contributed by atoms with Gasteiger partial charge in [0, 0.05) is 42.6 Å². The van der Waals surface area contributed by atoms with Gasteiger partial charge in [-0.15, -0.1) is 0 Å². The molecule has 11 heteroatoms. The van der Waals surface area contributed by atoms with Crippen molar-refractivity contribution in [1.82, 2.24) is 9.88 Å². The molecule has 2 saturated heterocycles. The Morgan fingerprint density at radius 3 is 2.30 bits per heavy atom. The summed E-state index contributed by atoms with van der Waals surface area (Å²) in [6.45, 7) is 3.96. The Balaban J connectivity index is 1.59. The van der Waals surface area contributed by atoms with E-state index in [2.05, 4.69) is 10.3 Å². The summed E-state index contributed by atoms with van der Waals surface area (Å²) in [7, 11) is 0. The number of halogens is 6. The predicted molar refractivity (Wildman–Crippen MR) is 142 cm³/mol. The molecule has 1 atom stereocenters. The van der Waals surface area contributed by atoms with Gasteiger partial charge in [-0.2, -0.15) is 8.78 Å². The molecule has 4 rings (SSSR count). The molecule has 1 aliphatic carbocycles. The van der Waals surface area contributed by atoms with Crippen LogP contribution in [0.25, 0.3) is 0 Å². The normalized spacial score (nSPS) is 24.1. The molecular weight excluding hydrogens is 606 g/mol. The lowest BCUT2D eigenvalue weighted by Crippen LogP contribution is -2.39. The first-order valence-corrected chi connectivity index (χ1v) is 13.1. The van der Waals surface area contributed by atoms with Gasteiger partial charge in [-0.25, -0.2) is 18.2 Å². The summed E-state index contributed by atoms with van der Waals surface area (Å²) in [6, 6.07) is 3.42. The highest BCUT2D eigenvalue weighted by atomic mass is 127. The number of pyridine rings is 1. The van der Waals surface area contributed by atoms with Crippen LogP contribution in [-0.2, 0) is 4.79 Å². The largest absolute Gasteiger partial charge is 0.370 e. The van der Waals surface area contributed by atoms with Crippen LogP contribution in [-0.4, -0.2) is 53.6 Å². The van der Waals surface area contributed by atoms with Crippen molar-refractivity contribution in [3.63, 3.8) is 0 Å². The van der Waals surface area contributed by atoms with E-state index in [1.165, 1.54) is 19.1 Å². The Labute approximate surface area is 226 Å². The number of nitrogens with zero attached hydrogens (tertiary/aromatic N) is 3. The number of aromatic nitrogens is 1. The molecule has 1 unspecified atom stereocenters. The molecule has 0 bridgehead atoms. The van der Waals surface area contributed by atoms with Crippen LogP contribution < -0.4 is 10.2 Å². The van der Waals surface area contributed by atoms with Crippen LogP contribution in [0, 0.1) is 6.92 Å². The zero-order chi connectivity index (χ0) is 27.0. The number of amides is 1. The van der Waals surface area contributed by atoms with Crippen LogP contribution in [0.5, 0.6) is 0 Å². The molecule has 2 fully saturated rings. The van der Waals surface area contributed by atoms with Crippen LogP contribution in [0.1, 0.15) is 38.2 Å². The van der Waals surface area contributed by atoms with Gasteiger partial charge in [-0.05, 0) is 90.8 Å². The number of alkyl halides is 3. The maximum absolute atomic E-state index is 15.3. The van der Waals surface area contributed by atoms with E-state index in [-0.39, 0.29) is 68.8 Å². The number of rotatable bonds is 4. The predicted octanol–water partition coefficient (Wildman–Crippen LogP) is 6.68. The average molecular weight is 634 g/mol. The first-order chi connectivity index (χ1) is 17.3. The van der Waals surface area contributed by atoms with Gasteiger partial charge in [0.25, 0.3) is 17.9 Å². The fraction of sp³-hybridized carbons (Fsp3) is 0.462. The van der Waals surface area contributed by atoms with Crippen molar-refractivity contribution in [2.45, 2.75) is 51.1 Å². The molecule has 1 aromatic heterocycles. The third-order valence-electron chi connectivity index (χ3n) is 6.63. The summed E-state index contributed by atoms with van der Waals surface area (Å²) in [5.41, 5.74) is -0.531. The summed E-state index contributed by atoms with van der Waals surface area (Å²) in [4.78, 5) is 21.5. The summed E-state index contributed by atoms with van der Waals surface area (Å²) in [6.07, 6.45) is 2.38. The minimum Gasteiger partial charge on any atom is -0.370 e. The minimum atomic E-state index is -2.70. The monoisotopic (exact) mass is 634 g/mol. The Morgan fingerprint density at radius 2 is 1.68 bits per heavy atom. The van der Waals surface area contributed by atoms with Crippen molar-refractivity contribution in [1.29, 1.82) is 0 Å². The lowest BCUT2D eigenvalue weighted by molar-refractivity contribution is -0.112. The van der Waals surface area contributed by atoms with Crippen LogP contribution in [0.2, 0.25) is 0 Å². The molecule has 2 aliphatic heterocycles. The summed E-state index contributed by atoms with van der Waals surface area (Å²) in [5, 5.41) is 2.74. The van der Waals surface area contributed by atoms with Crippen molar-refractivity contribution in [3.8, 4) is 0 Å². The topological polar surface area (TPSA) is 48.5 Å². The quantitative estimate of drug-likeness (QED) is 0.297. The first kappa shape index (κ1) is 27.6. The van der Waals surface area contributed by atoms with Gasteiger partial charge in [0.15, 0.2) is 0 Å². The molecule has 37 heavy (non-hydrogen) atoms. The van der Waals surface area contributed by atoms with E-state index in [1.54, 1.807) is 23.1 Å². The van der Waals surface area contributed by atoms with Gasteiger partial charge in [-0.3, -0.25) is 4.79 Å². The summed E-state index contributed by atoms with van der Waals surface area (Å²) >= 11 is 1.98. The number of aryl methyl sites for hydroxylation is 1. The zero-order valence-electron chi connectivity index (χ0n) is 20.6. The second-order valence-corrected chi connectivity index (χ2v) is 11.0. The standard InChI is InChI=1S/C26H28F5IN4O/c1-16-11-21(33-22(12-16)36-9-5-26(30,31)6-10-36)34-24(37)19-15-25(2,29)14-18(32)13-20(19)35-7-3-17(4-8-35)23(27)28/h11-15H,3-10H2,1-2H3,(H,33,34,37). The molecule has 0 aromatic carbocycles. The Bertz CT molecular complexity index is 1180. The number of likely N-dealkylation sites (tertiary alicyclic amines) is 1. The van der Waals surface area contributed by atoms with Gasteiger partial charge in [0.1, 0.15) is 17.3 Å².